The first-order valence-corrected chi connectivity index (χ1v) is 7.25. The minimum atomic E-state index is -0.226. The van der Waals surface area contributed by atoms with Crippen molar-refractivity contribution in [1.29, 1.82) is 0 Å². The highest BCUT2D eigenvalue weighted by atomic mass is 16.3. The minimum Gasteiger partial charge on any atom is -0.391 e. The normalized spacial score (nSPS) is 28.6. The lowest BCUT2D eigenvalue weighted by molar-refractivity contribution is 0.0453. The number of rotatable bonds is 3. The van der Waals surface area contributed by atoms with Gasteiger partial charge in [0.25, 0.3) is 0 Å². The molecule has 102 valence electrons. The summed E-state index contributed by atoms with van der Waals surface area (Å²) in [6.45, 7) is 8.53. The van der Waals surface area contributed by atoms with Crippen molar-refractivity contribution in [2.24, 2.45) is 5.92 Å². The van der Waals surface area contributed by atoms with E-state index >= 15 is 0 Å². The van der Waals surface area contributed by atoms with Gasteiger partial charge >= 0.3 is 0 Å². The van der Waals surface area contributed by atoms with Crippen molar-refractivity contribution in [3.8, 4) is 0 Å². The van der Waals surface area contributed by atoms with Crippen LogP contribution in [0.4, 0.5) is 0 Å². The molecular formula is C15H26N2O. The SMILES string of the molecule is CCCC1CCC(O)C(n2nc(C)c(C)c2C)C1. The molecule has 3 atom stereocenters. The van der Waals surface area contributed by atoms with Gasteiger partial charge in [0.15, 0.2) is 0 Å². The Bertz CT molecular complexity index is 411. The molecule has 1 aliphatic carbocycles. The highest BCUT2D eigenvalue weighted by molar-refractivity contribution is 5.23. The number of hydrogen-bond donors (Lipinski definition) is 1. The number of aliphatic hydroxyl groups excluding tert-OH is 1. The van der Waals surface area contributed by atoms with Gasteiger partial charge in [0.1, 0.15) is 0 Å². The fourth-order valence-corrected chi connectivity index (χ4v) is 3.22. The van der Waals surface area contributed by atoms with Crippen LogP contribution in [-0.2, 0) is 0 Å². The van der Waals surface area contributed by atoms with Gasteiger partial charge in [0.2, 0.25) is 0 Å². The molecule has 0 spiro atoms. The third-order valence-electron chi connectivity index (χ3n) is 4.59. The summed E-state index contributed by atoms with van der Waals surface area (Å²) in [4.78, 5) is 0. The standard InChI is InChI=1S/C15H26N2O/c1-5-6-13-7-8-15(18)14(9-13)17-12(4)10(2)11(3)16-17/h13-15,18H,5-9H2,1-4H3. The second kappa shape index (κ2) is 5.43. The van der Waals surface area contributed by atoms with E-state index in [1.54, 1.807) is 0 Å². The summed E-state index contributed by atoms with van der Waals surface area (Å²) in [6.07, 6.45) is 5.47. The molecule has 0 bridgehead atoms. The highest BCUT2D eigenvalue weighted by Crippen LogP contribution is 2.36. The third-order valence-corrected chi connectivity index (χ3v) is 4.59. The van der Waals surface area contributed by atoms with Crippen LogP contribution in [0.2, 0.25) is 0 Å². The van der Waals surface area contributed by atoms with E-state index in [9.17, 15) is 5.11 Å². The Morgan fingerprint density at radius 3 is 2.56 bits per heavy atom. The van der Waals surface area contributed by atoms with Crippen LogP contribution >= 0.6 is 0 Å². The van der Waals surface area contributed by atoms with Crippen molar-refractivity contribution in [3.63, 3.8) is 0 Å². The van der Waals surface area contributed by atoms with E-state index in [1.165, 1.54) is 30.5 Å². The average molecular weight is 250 g/mol. The molecule has 1 heterocycles. The topological polar surface area (TPSA) is 38.0 Å². The van der Waals surface area contributed by atoms with E-state index in [1.807, 2.05) is 0 Å². The molecule has 1 saturated carbocycles. The summed E-state index contributed by atoms with van der Waals surface area (Å²) in [5.41, 5.74) is 3.57. The van der Waals surface area contributed by atoms with Gasteiger partial charge in [-0.3, -0.25) is 4.68 Å². The fourth-order valence-electron chi connectivity index (χ4n) is 3.22. The molecule has 0 saturated heterocycles. The molecule has 3 heteroatoms. The van der Waals surface area contributed by atoms with Crippen LogP contribution in [0.25, 0.3) is 0 Å². The van der Waals surface area contributed by atoms with Crippen molar-refractivity contribution < 1.29 is 5.11 Å². The van der Waals surface area contributed by atoms with E-state index in [-0.39, 0.29) is 12.1 Å². The summed E-state index contributed by atoms with van der Waals surface area (Å²) in [7, 11) is 0. The molecule has 1 fully saturated rings. The molecule has 3 unspecified atom stereocenters. The quantitative estimate of drug-likeness (QED) is 0.893. The fraction of sp³-hybridized carbons (Fsp3) is 0.800. The lowest BCUT2D eigenvalue weighted by Crippen LogP contribution is -2.32. The summed E-state index contributed by atoms with van der Waals surface area (Å²) in [5, 5.41) is 14.9. The predicted molar refractivity (Wildman–Crippen MR) is 73.7 cm³/mol. The maximum atomic E-state index is 10.3. The zero-order valence-corrected chi connectivity index (χ0v) is 12.1. The average Bonchev–Trinajstić information content (AvgIpc) is 2.60. The van der Waals surface area contributed by atoms with Gasteiger partial charge in [0.05, 0.1) is 17.8 Å². The van der Waals surface area contributed by atoms with E-state index in [0.717, 1.165) is 24.5 Å². The maximum Gasteiger partial charge on any atom is 0.0784 e. The van der Waals surface area contributed by atoms with Gasteiger partial charge in [-0.05, 0) is 51.5 Å². The number of aromatic nitrogens is 2. The first-order chi connectivity index (χ1) is 8.54. The smallest absolute Gasteiger partial charge is 0.0784 e. The Labute approximate surface area is 110 Å². The Kier molecular flexibility index (Phi) is 4.10. The van der Waals surface area contributed by atoms with Crippen LogP contribution in [-0.4, -0.2) is 21.0 Å². The molecular weight excluding hydrogens is 224 g/mol. The van der Waals surface area contributed by atoms with Crippen LogP contribution in [0.5, 0.6) is 0 Å². The Balaban J connectivity index is 2.21. The lowest BCUT2D eigenvalue weighted by Gasteiger charge is -2.34. The van der Waals surface area contributed by atoms with E-state index in [2.05, 4.69) is 37.5 Å². The van der Waals surface area contributed by atoms with Crippen LogP contribution in [0.1, 0.15) is 62.0 Å². The minimum absolute atomic E-state index is 0.183. The molecule has 0 amide bonds. The van der Waals surface area contributed by atoms with Gasteiger partial charge < -0.3 is 5.11 Å². The molecule has 1 aromatic heterocycles. The van der Waals surface area contributed by atoms with Gasteiger partial charge in [-0.2, -0.15) is 5.10 Å². The number of hydrogen-bond acceptors (Lipinski definition) is 2. The summed E-state index contributed by atoms with van der Waals surface area (Å²) < 4.78 is 2.08. The Morgan fingerprint density at radius 2 is 2.00 bits per heavy atom. The summed E-state index contributed by atoms with van der Waals surface area (Å²) >= 11 is 0. The first-order valence-electron chi connectivity index (χ1n) is 7.25. The second-order valence-corrected chi connectivity index (χ2v) is 5.84. The van der Waals surface area contributed by atoms with Crippen molar-refractivity contribution in [3.05, 3.63) is 17.0 Å². The monoisotopic (exact) mass is 250 g/mol. The maximum absolute atomic E-state index is 10.3. The summed E-state index contributed by atoms with van der Waals surface area (Å²) in [6, 6.07) is 0.183. The van der Waals surface area contributed by atoms with E-state index < -0.39 is 0 Å². The first kappa shape index (κ1) is 13.6. The third kappa shape index (κ3) is 2.46. The van der Waals surface area contributed by atoms with Gasteiger partial charge in [0, 0.05) is 5.69 Å². The molecule has 0 aliphatic heterocycles. The Morgan fingerprint density at radius 1 is 1.28 bits per heavy atom. The highest BCUT2D eigenvalue weighted by Gasteiger charge is 2.31. The molecule has 1 aromatic rings. The molecule has 1 aliphatic rings. The summed E-state index contributed by atoms with van der Waals surface area (Å²) in [5.74, 6) is 0.757. The van der Waals surface area contributed by atoms with E-state index in [4.69, 9.17) is 0 Å². The number of nitrogens with zero attached hydrogens (tertiary/aromatic N) is 2. The van der Waals surface area contributed by atoms with Crippen LogP contribution in [0.15, 0.2) is 0 Å². The van der Waals surface area contributed by atoms with Crippen LogP contribution in [0.3, 0.4) is 0 Å². The molecule has 2 rings (SSSR count). The largest absolute Gasteiger partial charge is 0.391 e. The molecule has 1 N–H and O–H groups in total. The lowest BCUT2D eigenvalue weighted by atomic mass is 9.81. The zero-order valence-electron chi connectivity index (χ0n) is 12.1. The van der Waals surface area contributed by atoms with Gasteiger partial charge in [-0.25, -0.2) is 0 Å². The molecule has 0 aromatic carbocycles. The van der Waals surface area contributed by atoms with Crippen LogP contribution < -0.4 is 0 Å². The molecule has 18 heavy (non-hydrogen) atoms. The molecule has 3 nitrogen and oxygen atoms in total. The van der Waals surface area contributed by atoms with Crippen molar-refractivity contribution in [2.45, 2.75) is 71.9 Å². The van der Waals surface area contributed by atoms with E-state index in [0.29, 0.717) is 0 Å². The van der Waals surface area contributed by atoms with Gasteiger partial charge in [-0.15, -0.1) is 0 Å². The van der Waals surface area contributed by atoms with Crippen LogP contribution in [0, 0.1) is 26.7 Å². The Hall–Kier alpha value is -0.830. The number of aliphatic hydroxyl groups is 1. The predicted octanol–water partition coefficient (Wildman–Crippen LogP) is 3.31. The van der Waals surface area contributed by atoms with Gasteiger partial charge in [-0.1, -0.05) is 19.8 Å². The zero-order chi connectivity index (χ0) is 13.3. The van der Waals surface area contributed by atoms with Crippen molar-refractivity contribution in [2.75, 3.05) is 0 Å². The molecule has 0 radical (unpaired) electrons. The second-order valence-electron chi connectivity index (χ2n) is 5.84. The van der Waals surface area contributed by atoms with Crippen molar-refractivity contribution >= 4 is 0 Å². The van der Waals surface area contributed by atoms with Crippen molar-refractivity contribution in [1.82, 2.24) is 9.78 Å². The number of aryl methyl sites for hydroxylation is 1.